The zero-order valence-electron chi connectivity index (χ0n) is 12.5. The van der Waals surface area contributed by atoms with Gasteiger partial charge in [-0.15, -0.1) is 0 Å². The van der Waals surface area contributed by atoms with E-state index in [2.05, 4.69) is 5.10 Å². The largest absolute Gasteiger partial charge is 0.393 e. The number of aryl methyl sites for hydroxylation is 2. The summed E-state index contributed by atoms with van der Waals surface area (Å²) in [6.07, 6.45) is 0.872. The second kappa shape index (κ2) is 5.46. The van der Waals surface area contributed by atoms with Crippen LogP contribution in [0.15, 0.2) is 4.90 Å². The van der Waals surface area contributed by atoms with Gasteiger partial charge in [-0.25, -0.2) is 8.42 Å². The molecule has 2 unspecified atom stereocenters. The van der Waals surface area contributed by atoms with Crippen LogP contribution in [0.2, 0.25) is 0 Å². The van der Waals surface area contributed by atoms with E-state index in [9.17, 15) is 13.5 Å². The summed E-state index contributed by atoms with van der Waals surface area (Å²) < 4.78 is 28.7. The Morgan fingerprint density at radius 3 is 2.55 bits per heavy atom. The van der Waals surface area contributed by atoms with E-state index in [1.807, 2.05) is 6.92 Å². The fraction of sp³-hybridized carbons (Fsp3) is 0.769. The van der Waals surface area contributed by atoms with Gasteiger partial charge in [0.2, 0.25) is 10.0 Å². The number of hydrogen-bond donors (Lipinski definition) is 1. The lowest BCUT2D eigenvalue weighted by molar-refractivity contribution is 0.0520. The summed E-state index contributed by atoms with van der Waals surface area (Å²) in [5.74, 6) is 0.0100. The molecule has 0 amide bonds. The number of aliphatic hydroxyl groups is 1. The van der Waals surface area contributed by atoms with Crippen molar-refractivity contribution in [1.29, 1.82) is 0 Å². The maximum atomic E-state index is 12.8. The van der Waals surface area contributed by atoms with Crippen molar-refractivity contribution in [2.45, 2.75) is 44.6 Å². The molecular weight excluding hydrogens is 278 g/mol. The smallest absolute Gasteiger partial charge is 0.246 e. The average molecular weight is 301 g/mol. The molecule has 2 rings (SSSR count). The predicted octanol–water partition coefficient (Wildman–Crippen LogP) is 0.818. The first-order valence-electron chi connectivity index (χ1n) is 6.97. The third-order valence-corrected chi connectivity index (χ3v) is 6.34. The van der Waals surface area contributed by atoms with Crippen LogP contribution < -0.4 is 0 Å². The highest BCUT2D eigenvalue weighted by atomic mass is 32.2. The molecule has 6 nitrogen and oxygen atoms in total. The summed E-state index contributed by atoms with van der Waals surface area (Å²) in [7, 11) is -1.78. The molecular formula is C13H23N3O3S. The van der Waals surface area contributed by atoms with E-state index in [0.29, 0.717) is 35.8 Å². The van der Waals surface area contributed by atoms with Gasteiger partial charge in [0.15, 0.2) is 0 Å². The second-order valence-electron chi connectivity index (χ2n) is 5.51. The molecule has 0 saturated carbocycles. The van der Waals surface area contributed by atoms with Crippen LogP contribution in [0.5, 0.6) is 0 Å². The molecule has 0 spiro atoms. The minimum atomic E-state index is -3.53. The number of piperidine rings is 1. The molecule has 1 saturated heterocycles. The number of rotatable bonds is 3. The monoisotopic (exact) mass is 301 g/mol. The Kier molecular flexibility index (Phi) is 4.22. The number of aliphatic hydroxyl groups excluding tert-OH is 1. The van der Waals surface area contributed by atoms with Crippen LogP contribution in [0.4, 0.5) is 0 Å². The van der Waals surface area contributed by atoms with Gasteiger partial charge in [0, 0.05) is 20.1 Å². The van der Waals surface area contributed by atoms with Crippen LogP contribution in [0.3, 0.4) is 0 Å². The Morgan fingerprint density at radius 1 is 1.40 bits per heavy atom. The van der Waals surface area contributed by atoms with Crippen molar-refractivity contribution >= 4 is 10.0 Å². The van der Waals surface area contributed by atoms with Crippen molar-refractivity contribution < 1.29 is 13.5 Å². The number of nitrogens with zero attached hydrogens (tertiary/aromatic N) is 3. The predicted molar refractivity (Wildman–Crippen MR) is 75.8 cm³/mol. The minimum Gasteiger partial charge on any atom is -0.393 e. The summed E-state index contributed by atoms with van der Waals surface area (Å²) >= 11 is 0. The van der Waals surface area contributed by atoms with Gasteiger partial charge >= 0.3 is 0 Å². The molecule has 1 aliphatic rings. The maximum absolute atomic E-state index is 12.8. The molecule has 1 N–H and O–H groups in total. The van der Waals surface area contributed by atoms with Gasteiger partial charge in [0.05, 0.1) is 17.5 Å². The van der Waals surface area contributed by atoms with Gasteiger partial charge in [0.25, 0.3) is 0 Å². The quantitative estimate of drug-likeness (QED) is 0.897. The SMILES string of the molecule is CCC1CN(S(=O)(=O)c2c(C)nn(C)c2C)CCC1O. The summed E-state index contributed by atoms with van der Waals surface area (Å²) in [6.45, 7) is 6.21. The molecule has 0 bridgehead atoms. The molecule has 1 aromatic heterocycles. The Labute approximate surface area is 120 Å². The Morgan fingerprint density at radius 2 is 2.05 bits per heavy atom. The highest BCUT2D eigenvalue weighted by Crippen LogP contribution is 2.28. The number of sulfonamides is 1. The van der Waals surface area contributed by atoms with Crippen LogP contribution in [0.1, 0.15) is 31.2 Å². The molecule has 0 radical (unpaired) electrons. The lowest BCUT2D eigenvalue weighted by Crippen LogP contribution is -2.45. The molecule has 1 aromatic rings. The highest BCUT2D eigenvalue weighted by Gasteiger charge is 2.36. The van der Waals surface area contributed by atoms with Gasteiger partial charge < -0.3 is 5.11 Å². The first kappa shape index (κ1) is 15.5. The van der Waals surface area contributed by atoms with E-state index in [1.54, 1.807) is 25.6 Å². The summed E-state index contributed by atoms with van der Waals surface area (Å²) in [5, 5.41) is 14.1. The topological polar surface area (TPSA) is 75.4 Å². The van der Waals surface area contributed by atoms with Gasteiger partial charge in [-0.2, -0.15) is 9.40 Å². The van der Waals surface area contributed by atoms with Gasteiger partial charge in [-0.05, 0) is 32.6 Å². The lowest BCUT2D eigenvalue weighted by Gasteiger charge is -2.34. The first-order chi connectivity index (χ1) is 9.28. The summed E-state index contributed by atoms with van der Waals surface area (Å²) in [6, 6.07) is 0. The van der Waals surface area contributed by atoms with Crippen LogP contribution in [-0.2, 0) is 17.1 Å². The molecule has 7 heteroatoms. The van der Waals surface area contributed by atoms with Crippen molar-refractivity contribution in [2.24, 2.45) is 13.0 Å². The zero-order chi connectivity index (χ0) is 15.1. The van der Waals surface area contributed by atoms with E-state index in [4.69, 9.17) is 0 Å². The van der Waals surface area contributed by atoms with Crippen molar-refractivity contribution in [3.63, 3.8) is 0 Å². The summed E-state index contributed by atoms with van der Waals surface area (Å²) in [4.78, 5) is 0.311. The molecule has 0 aliphatic carbocycles. The molecule has 20 heavy (non-hydrogen) atoms. The van der Waals surface area contributed by atoms with Crippen molar-refractivity contribution in [3.8, 4) is 0 Å². The highest BCUT2D eigenvalue weighted by molar-refractivity contribution is 7.89. The third kappa shape index (κ3) is 2.49. The molecule has 2 atom stereocenters. The average Bonchev–Trinajstić information content (AvgIpc) is 2.63. The second-order valence-corrected chi connectivity index (χ2v) is 7.39. The van der Waals surface area contributed by atoms with E-state index in [-0.39, 0.29) is 5.92 Å². The Bertz CT molecular complexity index is 594. The van der Waals surface area contributed by atoms with E-state index in [0.717, 1.165) is 6.42 Å². The normalized spacial score (nSPS) is 25.1. The third-order valence-electron chi connectivity index (χ3n) is 4.22. The standard InChI is InChI=1S/C13H23N3O3S/c1-5-11-8-16(7-6-12(11)17)20(18,19)13-9(2)14-15(4)10(13)3/h11-12,17H,5-8H2,1-4H3. The van der Waals surface area contributed by atoms with Gasteiger partial charge in [-0.1, -0.05) is 6.92 Å². The summed E-state index contributed by atoms with van der Waals surface area (Å²) in [5.41, 5.74) is 1.19. The molecule has 0 aromatic carbocycles. The molecule has 2 heterocycles. The van der Waals surface area contributed by atoms with Crippen molar-refractivity contribution in [2.75, 3.05) is 13.1 Å². The lowest BCUT2D eigenvalue weighted by atomic mass is 9.94. The zero-order valence-corrected chi connectivity index (χ0v) is 13.3. The van der Waals surface area contributed by atoms with E-state index >= 15 is 0 Å². The van der Waals surface area contributed by atoms with Crippen LogP contribution >= 0.6 is 0 Å². The first-order valence-corrected chi connectivity index (χ1v) is 8.41. The fourth-order valence-corrected chi connectivity index (χ4v) is 4.77. The minimum absolute atomic E-state index is 0.0100. The molecule has 1 fully saturated rings. The molecule has 114 valence electrons. The molecule has 1 aliphatic heterocycles. The Balaban J connectivity index is 2.36. The number of hydrogen-bond acceptors (Lipinski definition) is 4. The van der Waals surface area contributed by atoms with E-state index < -0.39 is 16.1 Å². The van der Waals surface area contributed by atoms with Crippen LogP contribution in [-0.4, -0.2) is 46.8 Å². The van der Waals surface area contributed by atoms with E-state index in [1.165, 1.54) is 4.31 Å². The maximum Gasteiger partial charge on any atom is 0.246 e. The Hall–Kier alpha value is -0.920. The fourth-order valence-electron chi connectivity index (χ4n) is 2.86. The van der Waals surface area contributed by atoms with Crippen LogP contribution in [0.25, 0.3) is 0 Å². The van der Waals surface area contributed by atoms with Crippen molar-refractivity contribution in [1.82, 2.24) is 14.1 Å². The van der Waals surface area contributed by atoms with Gasteiger partial charge in [-0.3, -0.25) is 4.68 Å². The van der Waals surface area contributed by atoms with Gasteiger partial charge in [0.1, 0.15) is 4.90 Å². The van der Waals surface area contributed by atoms with Crippen LogP contribution in [0, 0.1) is 19.8 Å². The number of aromatic nitrogens is 2. The van der Waals surface area contributed by atoms with Crippen molar-refractivity contribution in [3.05, 3.63) is 11.4 Å².